The lowest BCUT2D eigenvalue weighted by Crippen LogP contribution is -2.02. The Morgan fingerprint density at radius 2 is 2.12 bits per heavy atom. The van der Waals surface area contributed by atoms with Crippen molar-refractivity contribution < 1.29 is 4.39 Å². The van der Waals surface area contributed by atoms with Crippen molar-refractivity contribution in [1.29, 1.82) is 5.26 Å². The smallest absolute Gasteiger partial charge is 0.133 e. The van der Waals surface area contributed by atoms with Crippen molar-refractivity contribution in [2.45, 2.75) is 27.2 Å². The van der Waals surface area contributed by atoms with Gasteiger partial charge in [0.25, 0.3) is 0 Å². The Hall–Kier alpha value is -1.33. The van der Waals surface area contributed by atoms with Gasteiger partial charge < -0.3 is 0 Å². The maximum Gasteiger partial charge on any atom is 0.133 e. The number of allylic oxidation sites excluding steroid dienone is 2. The number of halogens is 2. The minimum absolute atomic E-state index is 0.0744. The van der Waals surface area contributed by atoms with Crippen LogP contribution in [0, 0.1) is 22.6 Å². The zero-order valence-electron chi connectivity index (χ0n) is 10.2. The average molecular weight is 252 g/mol. The summed E-state index contributed by atoms with van der Waals surface area (Å²) < 4.78 is 13.6. The van der Waals surface area contributed by atoms with Crippen LogP contribution in [0.2, 0.25) is 5.02 Å². The van der Waals surface area contributed by atoms with Crippen LogP contribution < -0.4 is 0 Å². The highest BCUT2D eigenvalue weighted by molar-refractivity contribution is 6.30. The van der Waals surface area contributed by atoms with E-state index in [9.17, 15) is 4.39 Å². The Morgan fingerprint density at radius 1 is 1.47 bits per heavy atom. The molecule has 0 aliphatic rings. The maximum atomic E-state index is 13.6. The number of benzene rings is 1. The van der Waals surface area contributed by atoms with Crippen LogP contribution in [-0.2, 0) is 0 Å². The molecule has 1 nitrogen and oxygen atoms in total. The van der Waals surface area contributed by atoms with Gasteiger partial charge in [-0.05, 0) is 30.0 Å². The minimum Gasteiger partial charge on any atom is -0.206 e. The number of nitriles is 1. The van der Waals surface area contributed by atoms with E-state index in [-0.39, 0.29) is 5.41 Å². The summed E-state index contributed by atoms with van der Waals surface area (Å²) in [7, 11) is 0. The lowest BCUT2D eigenvalue weighted by molar-refractivity contribution is 0.421. The van der Waals surface area contributed by atoms with Gasteiger partial charge in [0.1, 0.15) is 5.82 Å². The molecule has 0 saturated carbocycles. The first-order valence-corrected chi connectivity index (χ1v) is 5.77. The summed E-state index contributed by atoms with van der Waals surface area (Å²) >= 11 is 5.67. The highest BCUT2D eigenvalue weighted by Crippen LogP contribution is 2.25. The van der Waals surface area contributed by atoms with Gasteiger partial charge in [-0.15, -0.1) is 0 Å². The summed E-state index contributed by atoms with van der Waals surface area (Å²) in [5, 5.41) is 9.38. The first-order chi connectivity index (χ1) is 7.83. The van der Waals surface area contributed by atoms with E-state index in [1.54, 1.807) is 12.1 Å². The normalized spacial score (nSPS) is 12.4. The molecule has 90 valence electrons. The molecule has 0 amide bonds. The predicted octanol–water partition coefficient (Wildman–Crippen LogP) is 4.82. The Bertz CT molecular complexity index is 478. The fraction of sp³-hybridized carbons (Fsp3) is 0.357. The van der Waals surface area contributed by atoms with Gasteiger partial charge in [-0.25, -0.2) is 4.39 Å². The average Bonchev–Trinajstić information content (AvgIpc) is 2.19. The third-order valence-electron chi connectivity index (χ3n) is 2.26. The maximum absolute atomic E-state index is 13.6. The third-order valence-corrected chi connectivity index (χ3v) is 2.50. The van der Waals surface area contributed by atoms with Crippen molar-refractivity contribution in [1.82, 2.24) is 0 Å². The van der Waals surface area contributed by atoms with E-state index in [1.807, 2.05) is 6.07 Å². The summed E-state index contributed by atoms with van der Waals surface area (Å²) in [4.78, 5) is 0. The van der Waals surface area contributed by atoms with Crippen LogP contribution in [0.5, 0.6) is 0 Å². The molecule has 0 bridgehead atoms. The quantitative estimate of drug-likeness (QED) is 0.691. The fourth-order valence-electron chi connectivity index (χ4n) is 1.33. The molecule has 3 heteroatoms. The molecule has 1 aromatic carbocycles. The van der Waals surface area contributed by atoms with E-state index in [2.05, 4.69) is 20.8 Å². The van der Waals surface area contributed by atoms with Crippen LogP contribution >= 0.6 is 11.6 Å². The van der Waals surface area contributed by atoms with Crippen LogP contribution in [-0.4, -0.2) is 0 Å². The number of hydrogen-bond donors (Lipinski definition) is 0. The van der Waals surface area contributed by atoms with Gasteiger partial charge in [0, 0.05) is 10.6 Å². The molecule has 0 spiro atoms. The Morgan fingerprint density at radius 3 is 2.59 bits per heavy atom. The van der Waals surface area contributed by atoms with Crippen LogP contribution in [0.1, 0.15) is 32.8 Å². The summed E-state index contributed by atoms with van der Waals surface area (Å²) in [5.74, 6) is -0.459. The van der Waals surface area contributed by atoms with Crippen LogP contribution in [0.4, 0.5) is 4.39 Å². The molecule has 0 N–H and O–H groups in total. The Labute approximate surface area is 107 Å². The standard InChI is InChI=1S/C14H15ClFN/c1-14(2,3)7-6-10(9-17)12-5-4-11(15)8-13(12)16/h4-6,8H,7H2,1-3H3. The van der Waals surface area contributed by atoms with E-state index in [4.69, 9.17) is 16.9 Å². The van der Waals surface area contributed by atoms with E-state index < -0.39 is 5.82 Å². The van der Waals surface area contributed by atoms with Crippen molar-refractivity contribution in [2.24, 2.45) is 5.41 Å². The van der Waals surface area contributed by atoms with Gasteiger partial charge >= 0.3 is 0 Å². The second kappa shape index (κ2) is 5.33. The molecule has 0 unspecified atom stereocenters. The number of nitrogens with zero attached hydrogens (tertiary/aromatic N) is 1. The summed E-state index contributed by atoms with van der Waals surface area (Å²) in [6.07, 6.45) is 2.49. The number of rotatable bonds is 2. The zero-order valence-corrected chi connectivity index (χ0v) is 11.0. The molecule has 0 saturated heterocycles. The van der Waals surface area contributed by atoms with Crippen LogP contribution in [0.15, 0.2) is 24.3 Å². The number of hydrogen-bond acceptors (Lipinski definition) is 1. The first-order valence-electron chi connectivity index (χ1n) is 5.39. The molecule has 0 atom stereocenters. The van der Waals surface area contributed by atoms with E-state index >= 15 is 0 Å². The fourth-order valence-corrected chi connectivity index (χ4v) is 1.49. The van der Waals surface area contributed by atoms with Crippen molar-refractivity contribution in [2.75, 3.05) is 0 Å². The lowest BCUT2D eigenvalue weighted by atomic mass is 9.90. The van der Waals surface area contributed by atoms with E-state index in [0.29, 0.717) is 16.2 Å². The van der Waals surface area contributed by atoms with Crippen molar-refractivity contribution >= 4 is 17.2 Å². The van der Waals surface area contributed by atoms with Gasteiger partial charge in [-0.1, -0.05) is 38.4 Å². The molecular formula is C14H15ClFN. The SMILES string of the molecule is CC(C)(C)CC=C(C#N)c1ccc(Cl)cc1F. The molecular weight excluding hydrogens is 237 g/mol. The molecule has 1 rings (SSSR count). The van der Waals surface area contributed by atoms with Crippen molar-refractivity contribution in [3.63, 3.8) is 0 Å². The summed E-state index contributed by atoms with van der Waals surface area (Å²) in [6.45, 7) is 6.20. The zero-order chi connectivity index (χ0) is 13.1. The van der Waals surface area contributed by atoms with Gasteiger partial charge in [0.05, 0.1) is 11.6 Å². The lowest BCUT2D eigenvalue weighted by Gasteiger charge is -2.15. The molecule has 0 radical (unpaired) electrons. The largest absolute Gasteiger partial charge is 0.206 e. The van der Waals surface area contributed by atoms with E-state index in [0.717, 1.165) is 6.42 Å². The first kappa shape index (κ1) is 13.7. The van der Waals surface area contributed by atoms with Gasteiger partial charge in [0.15, 0.2) is 0 Å². The second-order valence-electron chi connectivity index (χ2n) is 5.12. The predicted molar refractivity (Wildman–Crippen MR) is 69.1 cm³/mol. The second-order valence-corrected chi connectivity index (χ2v) is 5.55. The Balaban J connectivity index is 3.07. The molecule has 0 aromatic heterocycles. The molecule has 0 fully saturated rings. The van der Waals surface area contributed by atoms with E-state index in [1.165, 1.54) is 12.1 Å². The summed E-state index contributed by atoms with van der Waals surface area (Å²) in [6, 6.07) is 6.37. The van der Waals surface area contributed by atoms with Gasteiger partial charge in [0.2, 0.25) is 0 Å². The third kappa shape index (κ3) is 4.20. The van der Waals surface area contributed by atoms with Gasteiger partial charge in [-0.2, -0.15) is 5.26 Å². The van der Waals surface area contributed by atoms with Crippen molar-refractivity contribution in [3.05, 3.63) is 40.7 Å². The highest BCUT2D eigenvalue weighted by Gasteiger charge is 2.12. The molecule has 0 aliphatic carbocycles. The summed E-state index contributed by atoms with van der Waals surface area (Å²) in [5.41, 5.74) is 0.737. The minimum atomic E-state index is -0.459. The molecule has 0 heterocycles. The van der Waals surface area contributed by atoms with Gasteiger partial charge in [-0.3, -0.25) is 0 Å². The van der Waals surface area contributed by atoms with Crippen LogP contribution in [0.3, 0.4) is 0 Å². The molecule has 0 aliphatic heterocycles. The molecule has 17 heavy (non-hydrogen) atoms. The van der Waals surface area contributed by atoms with Crippen molar-refractivity contribution in [3.8, 4) is 6.07 Å². The molecule has 1 aromatic rings. The van der Waals surface area contributed by atoms with Crippen LogP contribution in [0.25, 0.3) is 5.57 Å². The topological polar surface area (TPSA) is 23.8 Å². The monoisotopic (exact) mass is 251 g/mol. The highest BCUT2D eigenvalue weighted by atomic mass is 35.5. The Kier molecular flexibility index (Phi) is 4.31.